The second-order valence-electron chi connectivity index (χ2n) is 6.80. The number of carboxylic acid groups (broad SMARTS) is 1. The number of carbonyl (C=O) groups is 2. The Morgan fingerprint density at radius 3 is 2.43 bits per heavy atom. The van der Waals surface area contributed by atoms with Crippen LogP contribution in [0.25, 0.3) is 0 Å². The average Bonchev–Trinajstić information content (AvgIpc) is 3.21. The number of rotatable bonds is 6. The normalized spacial score (nSPS) is 20.4. The van der Waals surface area contributed by atoms with E-state index in [-0.39, 0.29) is 23.6 Å². The summed E-state index contributed by atoms with van der Waals surface area (Å²) in [7, 11) is 0. The van der Waals surface area contributed by atoms with Crippen LogP contribution in [0.15, 0.2) is 18.2 Å². The second-order valence-corrected chi connectivity index (χ2v) is 7.20. The van der Waals surface area contributed by atoms with Crippen molar-refractivity contribution >= 4 is 23.5 Å². The molecule has 2 N–H and O–H groups in total. The largest absolute Gasteiger partial charge is 0.481 e. The lowest BCUT2D eigenvalue weighted by atomic mass is 9.66. The number of carbonyl (C=O) groups excluding carboxylic acids is 1. The molecule has 1 amide bonds. The van der Waals surface area contributed by atoms with Gasteiger partial charge in [0.15, 0.2) is 0 Å². The Hall–Kier alpha value is -1.62. The van der Waals surface area contributed by atoms with Crippen molar-refractivity contribution in [2.45, 2.75) is 43.9 Å². The van der Waals surface area contributed by atoms with Gasteiger partial charge < -0.3 is 10.4 Å². The standard InChI is InChI=1S/C17H19ClFNO3/c18-13-8-11(19)2-3-12(13)17(6-7-17)10-20-14(21)9-16(15(22)23)4-1-5-16/h2-3,8H,1,4-7,9-10H2,(H,20,21)(H,22,23). The molecular weight excluding hydrogens is 321 g/mol. The molecular formula is C17H19ClFNO3. The summed E-state index contributed by atoms with van der Waals surface area (Å²) in [5, 5.41) is 12.5. The third kappa shape index (κ3) is 3.07. The SMILES string of the molecule is O=C(CC1(C(=O)O)CCC1)NCC1(c2ccc(F)cc2Cl)CC1. The molecule has 2 aliphatic rings. The van der Waals surface area contributed by atoms with Crippen molar-refractivity contribution in [1.82, 2.24) is 5.32 Å². The van der Waals surface area contributed by atoms with Crippen molar-refractivity contribution in [1.29, 1.82) is 0 Å². The van der Waals surface area contributed by atoms with Crippen molar-refractivity contribution in [3.8, 4) is 0 Å². The quantitative estimate of drug-likeness (QED) is 0.836. The molecule has 4 nitrogen and oxygen atoms in total. The Kier molecular flexibility index (Phi) is 4.08. The highest BCUT2D eigenvalue weighted by Gasteiger charge is 2.48. The minimum Gasteiger partial charge on any atom is -0.481 e. The maximum absolute atomic E-state index is 13.2. The van der Waals surface area contributed by atoms with Gasteiger partial charge in [-0.1, -0.05) is 24.1 Å². The first-order valence-electron chi connectivity index (χ1n) is 7.83. The van der Waals surface area contributed by atoms with E-state index in [4.69, 9.17) is 11.6 Å². The molecule has 1 aromatic carbocycles. The van der Waals surface area contributed by atoms with E-state index >= 15 is 0 Å². The molecule has 2 fully saturated rings. The van der Waals surface area contributed by atoms with E-state index in [1.165, 1.54) is 12.1 Å². The number of amides is 1. The highest BCUT2D eigenvalue weighted by molar-refractivity contribution is 6.31. The van der Waals surface area contributed by atoms with Gasteiger partial charge in [-0.3, -0.25) is 9.59 Å². The van der Waals surface area contributed by atoms with E-state index in [2.05, 4.69) is 5.32 Å². The summed E-state index contributed by atoms with van der Waals surface area (Å²) in [6.07, 6.45) is 3.76. The Morgan fingerprint density at radius 1 is 1.26 bits per heavy atom. The molecule has 23 heavy (non-hydrogen) atoms. The van der Waals surface area contributed by atoms with Gasteiger partial charge in [0, 0.05) is 23.4 Å². The summed E-state index contributed by atoms with van der Waals surface area (Å²) in [4.78, 5) is 23.5. The molecule has 0 aromatic heterocycles. The molecule has 0 saturated heterocycles. The summed E-state index contributed by atoms with van der Waals surface area (Å²) < 4.78 is 13.2. The van der Waals surface area contributed by atoms with Crippen LogP contribution < -0.4 is 5.32 Å². The Labute approximate surface area is 139 Å². The summed E-state index contributed by atoms with van der Waals surface area (Å²) in [6, 6.07) is 4.32. The number of nitrogens with one attached hydrogen (secondary N) is 1. The predicted molar refractivity (Wildman–Crippen MR) is 83.9 cm³/mol. The number of halogens is 2. The van der Waals surface area contributed by atoms with E-state index in [9.17, 15) is 19.1 Å². The zero-order valence-electron chi connectivity index (χ0n) is 12.7. The molecule has 0 radical (unpaired) electrons. The van der Waals surface area contributed by atoms with Gasteiger partial charge >= 0.3 is 5.97 Å². The molecule has 0 aliphatic heterocycles. The van der Waals surface area contributed by atoms with E-state index in [0.717, 1.165) is 24.8 Å². The van der Waals surface area contributed by atoms with E-state index < -0.39 is 11.4 Å². The topological polar surface area (TPSA) is 66.4 Å². The van der Waals surface area contributed by atoms with Crippen molar-refractivity contribution in [3.05, 3.63) is 34.6 Å². The van der Waals surface area contributed by atoms with Gasteiger partial charge in [0.05, 0.1) is 5.41 Å². The van der Waals surface area contributed by atoms with E-state index in [1.807, 2.05) is 0 Å². The van der Waals surface area contributed by atoms with Gasteiger partial charge in [0.1, 0.15) is 5.82 Å². The molecule has 124 valence electrons. The Bertz CT molecular complexity index is 653. The zero-order valence-corrected chi connectivity index (χ0v) is 13.5. The molecule has 1 aromatic rings. The molecule has 0 unspecified atom stereocenters. The summed E-state index contributed by atoms with van der Waals surface area (Å²) in [5.74, 6) is -1.51. The summed E-state index contributed by atoms with van der Waals surface area (Å²) in [6.45, 7) is 0.410. The third-order valence-electron chi connectivity index (χ3n) is 5.24. The summed E-state index contributed by atoms with van der Waals surface area (Å²) >= 11 is 6.12. The summed E-state index contributed by atoms with van der Waals surface area (Å²) in [5.41, 5.74) is -0.275. The first-order valence-corrected chi connectivity index (χ1v) is 8.20. The van der Waals surface area contributed by atoms with Crippen molar-refractivity contribution in [2.24, 2.45) is 5.41 Å². The first kappa shape index (κ1) is 16.2. The van der Waals surface area contributed by atoms with Crippen molar-refractivity contribution < 1.29 is 19.1 Å². The van der Waals surface area contributed by atoms with E-state index in [1.54, 1.807) is 6.07 Å². The number of aliphatic carboxylic acids is 1. The highest BCUT2D eigenvalue weighted by atomic mass is 35.5. The Morgan fingerprint density at radius 2 is 1.96 bits per heavy atom. The van der Waals surface area contributed by atoms with Crippen molar-refractivity contribution in [2.75, 3.05) is 6.54 Å². The van der Waals surface area contributed by atoms with Crippen LogP contribution in [0.1, 0.15) is 44.1 Å². The van der Waals surface area contributed by atoms with Crippen LogP contribution in [0, 0.1) is 11.2 Å². The van der Waals surface area contributed by atoms with Gasteiger partial charge in [0.2, 0.25) is 5.91 Å². The van der Waals surface area contributed by atoms with Crippen LogP contribution in [-0.4, -0.2) is 23.5 Å². The lowest BCUT2D eigenvalue weighted by Gasteiger charge is -2.37. The number of hydrogen-bond acceptors (Lipinski definition) is 2. The third-order valence-corrected chi connectivity index (χ3v) is 5.56. The fourth-order valence-electron chi connectivity index (χ4n) is 3.32. The molecule has 0 spiro atoms. The minimum atomic E-state index is -0.887. The second kappa shape index (κ2) is 5.78. The molecule has 0 atom stereocenters. The fraction of sp³-hybridized carbons (Fsp3) is 0.529. The zero-order chi connectivity index (χ0) is 16.7. The molecule has 6 heteroatoms. The molecule has 3 rings (SSSR count). The van der Waals surface area contributed by atoms with Gasteiger partial charge in [-0.05, 0) is 43.4 Å². The monoisotopic (exact) mass is 339 g/mol. The van der Waals surface area contributed by atoms with Crippen LogP contribution in [-0.2, 0) is 15.0 Å². The average molecular weight is 340 g/mol. The minimum absolute atomic E-state index is 0.0234. The molecule has 0 heterocycles. The van der Waals surface area contributed by atoms with Crippen LogP contribution in [0.4, 0.5) is 4.39 Å². The van der Waals surface area contributed by atoms with E-state index in [0.29, 0.717) is 24.4 Å². The highest BCUT2D eigenvalue weighted by Crippen LogP contribution is 2.50. The maximum atomic E-state index is 13.2. The number of hydrogen-bond donors (Lipinski definition) is 2. The van der Waals surface area contributed by atoms with Gasteiger partial charge in [-0.2, -0.15) is 0 Å². The van der Waals surface area contributed by atoms with Gasteiger partial charge in [-0.15, -0.1) is 0 Å². The fourth-order valence-corrected chi connectivity index (χ4v) is 3.69. The first-order chi connectivity index (χ1) is 10.9. The maximum Gasteiger partial charge on any atom is 0.310 e. The predicted octanol–water partition coefficient (Wildman–Crippen LogP) is 3.27. The van der Waals surface area contributed by atoms with Crippen LogP contribution in [0.5, 0.6) is 0 Å². The van der Waals surface area contributed by atoms with Crippen LogP contribution in [0.3, 0.4) is 0 Å². The Balaban J connectivity index is 1.61. The lowest BCUT2D eigenvalue weighted by molar-refractivity contribution is -0.157. The number of carboxylic acids is 1. The van der Waals surface area contributed by atoms with Gasteiger partial charge in [-0.25, -0.2) is 4.39 Å². The molecule has 2 saturated carbocycles. The van der Waals surface area contributed by atoms with Gasteiger partial charge in [0.25, 0.3) is 0 Å². The van der Waals surface area contributed by atoms with Crippen LogP contribution >= 0.6 is 11.6 Å². The van der Waals surface area contributed by atoms with Crippen molar-refractivity contribution in [3.63, 3.8) is 0 Å². The van der Waals surface area contributed by atoms with Crippen LogP contribution in [0.2, 0.25) is 5.02 Å². The lowest BCUT2D eigenvalue weighted by Crippen LogP contribution is -2.43. The molecule has 2 aliphatic carbocycles. The molecule has 0 bridgehead atoms. The smallest absolute Gasteiger partial charge is 0.310 e. The number of benzene rings is 1.